The number of halogens is 1. The molecule has 7 nitrogen and oxygen atoms in total. The van der Waals surface area contributed by atoms with Crippen LogP contribution in [-0.4, -0.2) is 39.9 Å². The van der Waals surface area contributed by atoms with E-state index in [9.17, 15) is 9.59 Å². The van der Waals surface area contributed by atoms with Gasteiger partial charge in [0, 0.05) is 34.6 Å². The van der Waals surface area contributed by atoms with Crippen LogP contribution in [0.5, 0.6) is 5.75 Å². The largest absolute Gasteiger partial charge is 0.497 e. The summed E-state index contributed by atoms with van der Waals surface area (Å²) in [6, 6.07) is 31.7. The Morgan fingerprint density at radius 2 is 1.59 bits per heavy atom. The van der Waals surface area contributed by atoms with Gasteiger partial charge < -0.3 is 9.64 Å². The number of hydrogen-bond donors (Lipinski definition) is 1. The van der Waals surface area contributed by atoms with Crippen molar-refractivity contribution in [3.05, 3.63) is 131 Å². The van der Waals surface area contributed by atoms with Gasteiger partial charge in [-0.2, -0.15) is 0 Å². The number of benzene rings is 4. The Morgan fingerprint density at radius 1 is 0.902 bits per heavy atom. The molecule has 5 rings (SSSR count). The van der Waals surface area contributed by atoms with Crippen molar-refractivity contribution < 1.29 is 14.3 Å². The van der Waals surface area contributed by atoms with E-state index in [0.717, 1.165) is 22.4 Å². The number of ether oxygens (including phenoxy) is 1. The third kappa shape index (κ3) is 6.83. The Hall–Kier alpha value is -4.88. The summed E-state index contributed by atoms with van der Waals surface area (Å²) in [5.41, 5.74) is 4.86. The van der Waals surface area contributed by atoms with Gasteiger partial charge in [0.25, 0.3) is 5.91 Å². The van der Waals surface area contributed by atoms with Crippen molar-refractivity contribution in [1.82, 2.24) is 14.5 Å². The first-order valence-electron chi connectivity index (χ1n) is 13.1. The molecule has 0 unspecified atom stereocenters. The molecule has 0 atom stereocenters. The lowest BCUT2D eigenvalue weighted by Crippen LogP contribution is -2.38. The average molecular weight is 565 g/mol. The normalized spacial score (nSPS) is 10.7. The highest BCUT2D eigenvalue weighted by molar-refractivity contribution is 6.30. The van der Waals surface area contributed by atoms with Gasteiger partial charge in [-0.05, 0) is 61.0 Å². The summed E-state index contributed by atoms with van der Waals surface area (Å²) in [5.74, 6) is 0.355. The number of rotatable bonds is 9. The number of nitrogens with one attached hydrogen (secondary N) is 1. The Morgan fingerprint density at radius 3 is 2.24 bits per heavy atom. The highest BCUT2D eigenvalue weighted by atomic mass is 35.5. The van der Waals surface area contributed by atoms with E-state index >= 15 is 0 Å². The maximum atomic E-state index is 13.5. The lowest BCUT2D eigenvalue weighted by atomic mass is 10.1. The van der Waals surface area contributed by atoms with Gasteiger partial charge in [0.1, 0.15) is 12.3 Å². The van der Waals surface area contributed by atoms with Crippen molar-refractivity contribution in [2.75, 3.05) is 19.0 Å². The standard InChI is InChI=1S/C33H29ClN4O3/c1-23-8-16-28(17-9-23)38-21-30(25-10-14-27(34)15-11-25)35-33(38)36-31(39)22-37(20-24-6-4-3-5-7-24)32(40)26-12-18-29(41-2)19-13-26/h3-19,21H,20,22H2,1-2H3,(H,35,36,39). The van der Waals surface area contributed by atoms with Crippen LogP contribution in [0.15, 0.2) is 109 Å². The van der Waals surface area contributed by atoms with E-state index in [1.54, 1.807) is 43.5 Å². The van der Waals surface area contributed by atoms with Gasteiger partial charge >= 0.3 is 0 Å². The summed E-state index contributed by atoms with van der Waals surface area (Å²) < 4.78 is 7.05. The van der Waals surface area contributed by atoms with Gasteiger partial charge in [0.15, 0.2) is 0 Å². The number of amides is 2. The molecule has 0 spiro atoms. The van der Waals surface area contributed by atoms with Crippen LogP contribution in [0.25, 0.3) is 16.9 Å². The molecule has 0 aliphatic rings. The molecule has 206 valence electrons. The number of imidazole rings is 1. The quantitative estimate of drug-likeness (QED) is 0.214. The number of carbonyl (C=O) groups excluding carboxylic acids is 2. The van der Waals surface area contributed by atoms with Crippen LogP contribution in [0.2, 0.25) is 5.02 Å². The van der Waals surface area contributed by atoms with E-state index in [-0.39, 0.29) is 24.9 Å². The van der Waals surface area contributed by atoms with Gasteiger partial charge in [-0.1, -0.05) is 71.8 Å². The second-order valence-corrected chi connectivity index (χ2v) is 10.0. The van der Waals surface area contributed by atoms with Crippen molar-refractivity contribution in [3.63, 3.8) is 0 Å². The van der Waals surface area contributed by atoms with Crippen LogP contribution in [0, 0.1) is 6.92 Å². The van der Waals surface area contributed by atoms with Gasteiger partial charge in [0.2, 0.25) is 11.9 Å². The molecule has 0 saturated carbocycles. The number of aromatic nitrogens is 2. The lowest BCUT2D eigenvalue weighted by molar-refractivity contribution is -0.117. The average Bonchev–Trinajstić information content (AvgIpc) is 3.41. The Bertz CT molecular complexity index is 1630. The number of aryl methyl sites for hydroxylation is 1. The van der Waals surface area contributed by atoms with E-state index < -0.39 is 0 Å². The molecule has 2 amide bonds. The van der Waals surface area contributed by atoms with Crippen LogP contribution >= 0.6 is 11.6 Å². The highest BCUT2D eigenvalue weighted by Gasteiger charge is 2.21. The van der Waals surface area contributed by atoms with E-state index in [1.165, 1.54) is 4.90 Å². The molecule has 0 fully saturated rings. The third-order valence-corrected chi connectivity index (χ3v) is 6.84. The van der Waals surface area contributed by atoms with Gasteiger partial charge in [-0.15, -0.1) is 0 Å². The molecule has 1 aromatic heterocycles. The second kappa shape index (κ2) is 12.5. The molecule has 0 aliphatic heterocycles. The van der Waals surface area contributed by atoms with Gasteiger partial charge in [-0.3, -0.25) is 19.5 Å². The summed E-state index contributed by atoms with van der Waals surface area (Å²) >= 11 is 6.09. The molecule has 0 saturated heterocycles. The topological polar surface area (TPSA) is 76.5 Å². The first-order chi connectivity index (χ1) is 19.9. The summed E-state index contributed by atoms with van der Waals surface area (Å²) in [4.78, 5) is 33.3. The molecule has 4 aromatic carbocycles. The lowest BCUT2D eigenvalue weighted by Gasteiger charge is -2.22. The molecule has 8 heteroatoms. The molecule has 5 aromatic rings. The van der Waals surface area contributed by atoms with Crippen molar-refractivity contribution in [2.24, 2.45) is 0 Å². The van der Waals surface area contributed by atoms with E-state index in [0.29, 0.717) is 28.0 Å². The highest BCUT2D eigenvalue weighted by Crippen LogP contribution is 2.26. The van der Waals surface area contributed by atoms with Crippen molar-refractivity contribution in [1.29, 1.82) is 0 Å². The number of hydrogen-bond acceptors (Lipinski definition) is 4. The molecular weight excluding hydrogens is 536 g/mol. The van der Waals surface area contributed by atoms with Crippen molar-refractivity contribution in [3.8, 4) is 22.7 Å². The van der Waals surface area contributed by atoms with E-state index in [2.05, 4.69) is 5.32 Å². The molecule has 41 heavy (non-hydrogen) atoms. The minimum Gasteiger partial charge on any atom is -0.497 e. The fraction of sp³-hybridized carbons (Fsp3) is 0.121. The maximum Gasteiger partial charge on any atom is 0.254 e. The number of carbonyl (C=O) groups is 2. The minimum atomic E-state index is -0.371. The molecule has 0 aliphatic carbocycles. The van der Waals surface area contributed by atoms with Crippen LogP contribution in [0.3, 0.4) is 0 Å². The van der Waals surface area contributed by atoms with E-state index in [4.69, 9.17) is 21.3 Å². The molecular formula is C33H29ClN4O3. The van der Waals surface area contributed by atoms with Gasteiger partial charge in [-0.25, -0.2) is 4.98 Å². The maximum absolute atomic E-state index is 13.5. The Balaban J connectivity index is 1.43. The van der Waals surface area contributed by atoms with E-state index in [1.807, 2.05) is 84.4 Å². The molecule has 0 radical (unpaired) electrons. The predicted octanol–water partition coefficient (Wildman–Crippen LogP) is 6.79. The number of nitrogens with zero attached hydrogens (tertiary/aromatic N) is 3. The van der Waals surface area contributed by atoms with Crippen LogP contribution < -0.4 is 10.1 Å². The fourth-order valence-corrected chi connectivity index (χ4v) is 4.51. The summed E-state index contributed by atoms with van der Waals surface area (Å²) in [6.45, 7) is 2.11. The molecule has 1 heterocycles. The van der Waals surface area contributed by atoms with Crippen molar-refractivity contribution >= 4 is 29.4 Å². The van der Waals surface area contributed by atoms with Crippen molar-refractivity contribution in [2.45, 2.75) is 13.5 Å². The van der Waals surface area contributed by atoms with Crippen LogP contribution in [0.1, 0.15) is 21.5 Å². The van der Waals surface area contributed by atoms with Crippen LogP contribution in [0.4, 0.5) is 5.95 Å². The Kier molecular flexibility index (Phi) is 8.46. The summed E-state index contributed by atoms with van der Waals surface area (Å²) in [6.07, 6.45) is 1.87. The zero-order valence-electron chi connectivity index (χ0n) is 22.8. The monoisotopic (exact) mass is 564 g/mol. The minimum absolute atomic E-state index is 0.170. The summed E-state index contributed by atoms with van der Waals surface area (Å²) in [7, 11) is 1.57. The first-order valence-corrected chi connectivity index (χ1v) is 13.5. The summed E-state index contributed by atoms with van der Waals surface area (Å²) in [5, 5.41) is 3.56. The predicted molar refractivity (Wildman–Crippen MR) is 162 cm³/mol. The fourth-order valence-electron chi connectivity index (χ4n) is 4.39. The number of anilines is 1. The number of methoxy groups -OCH3 is 1. The zero-order chi connectivity index (χ0) is 28.8. The molecule has 0 bridgehead atoms. The SMILES string of the molecule is COc1ccc(C(=O)N(CC(=O)Nc2nc(-c3ccc(Cl)cc3)cn2-c2ccc(C)cc2)Cc2ccccc2)cc1. The van der Waals surface area contributed by atoms with Gasteiger partial charge in [0.05, 0.1) is 12.8 Å². The van der Waals surface area contributed by atoms with Crippen LogP contribution in [-0.2, 0) is 11.3 Å². The first kappa shape index (κ1) is 27.7. The Labute approximate surface area is 244 Å². The third-order valence-electron chi connectivity index (χ3n) is 6.58. The second-order valence-electron chi connectivity index (χ2n) is 9.59. The smallest absolute Gasteiger partial charge is 0.254 e. The zero-order valence-corrected chi connectivity index (χ0v) is 23.5. The molecule has 1 N–H and O–H groups in total.